The molecule has 1 aromatic heterocycles. The number of fused-ring (bicyclic) bond motifs is 1. The topological polar surface area (TPSA) is 52.1 Å². The number of ether oxygens (including phenoxy) is 1. The van der Waals surface area contributed by atoms with Crippen molar-refractivity contribution in [3.8, 4) is 29.4 Å². The molecule has 25 heavy (non-hydrogen) atoms. The molecule has 0 aliphatic heterocycles. The van der Waals surface area contributed by atoms with E-state index in [-0.39, 0.29) is 12.4 Å². The van der Waals surface area contributed by atoms with Gasteiger partial charge in [-0.15, -0.1) is 6.42 Å². The Kier molecular flexibility index (Phi) is 3.91. The summed E-state index contributed by atoms with van der Waals surface area (Å²) in [5.41, 5.74) is 3.73. The highest BCUT2D eigenvalue weighted by Gasteiger charge is 2.23. The van der Waals surface area contributed by atoms with Crippen molar-refractivity contribution in [3.63, 3.8) is 0 Å². The molecule has 0 bridgehead atoms. The number of benzene rings is 2. The molecule has 122 valence electrons. The molecule has 4 rings (SSSR count). The molecule has 1 heterocycles. The van der Waals surface area contributed by atoms with Crippen LogP contribution >= 0.6 is 0 Å². The van der Waals surface area contributed by atoms with E-state index >= 15 is 0 Å². The predicted octanol–water partition coefficient (Wildman–Crippen LogP) is 4.00. The first-order valence-corrected chi connectivity index (χ1v) is 8.22. The molecule has 0 amide bonds. The van der Waals surface area contributed by atoms with Crippen LogP contribution in [0, 0.1) is 12.3 Å². The number of hydrogen-bond acceptors (Lipinski definition) is 4. The van der Waals surface area contributed by atoms with Gasteiger partial charge >= 0.3 is 0 Å². The molecule has 0 saturated heterocycles. The number of rotatable bonds is 5. The summed E-state index contributed by atoms with van der Waals surface area (Å²) in [6, 6.07) is 13.9. The van der Waals surface area contributed by atoms with Gasteiger partial charge in [-0.3, -0.25) is 4.79 Å². The number of nitrogens with zero attached hydrogens (tertiary/aromatic N) is 2. The zero-order chi connectivity index (χ0) is 17.2. The van der Waals surface area contributed by atoms with Crippen LogP contribution < -0.4 is 4.74 Å². The van der Waals surface area contributed by atoms with Crippen LogP contribution in [0.15, 0.2) is 42.5 Å². The Bertz CT molecular complexity index is 983. The van der Waals surface area contributed by atoms with Gasteiger partial charge in [-0.2, -0.15) is 0 Å². The molecule has 0 N–H and O–H groups in total. The second-order valence-corrected chi connectivity index (χ2v) is 6.12. The fraction of sp³-hybridized carbons (Fsp3) is 0.190. The summed E-state index contributed by atoms with van der Waals surface area (Å²) in [4.78, 5) is 19.9. The van der Waals surface area contributed by atoms with E-state index in [4.69, 9.17) is 11.2 Å². The Morgan fingerprint density at radius 3 is 2.64 bits per heavy atom. The lowest BCUT2D eigenvalue weighted by atomic mass is 10.0. The van der Waals surface area contributed by atoms with Gasteiger partial charge in [0, 0.05) is 10.9 Å². The molecule has 0 spiro atoms. The molecule has 0 unspecified atom stereocenters. The van der Waals surface area contributed by atoms with Gasteiger partial charge in [0.25, 0.3) is 0 Å². The second-order valence-electron chi connectivity index (χ2n) is 6.12. The third-order valence-corrected chi connectivity index (χ3v) is 4.34. The maximum Gasteiger partial charge on any atom is 0.193 e. The highest BCUT2D eigenvalue weighted by atomic mass is 16.5. The lowest BCUT2D eigenvalue weighted by Gasteiger charge is -2.10. The van der Waals surface area contributed by atoms with E-state index in [1.807, 2.05) is 12.1 Å². The largest absolute Gasteiger partial charge is 0.481 e. The SMILES string of the molecule is C#CCOc1ccc2nc(C=O)nc(-c3ccc(C4CC4)cc3)c2c1. The van der Waals surface area contributed by atoms with Crippen LogP contribution in [0.5, 0.6) is 5.75 Å². The van der Waals surface area contributed by atoms with Crippen molar-refractivity contribution in [2.24, 2.45) is 0 Å². The molecule has 1 fully saturated rings. The van der Waals surface area contributed by atoms with Crippen molar-refractivity contribution < 1.29 is 9.53 Å². The average Bonchev–Trinajstić information content (AvgIpc) is 3.51. The van der Waals surface area contributed by atoms with Crippen LogP contribution in [-0.4, -0.2) is 22.9 Å². The fourth-order valence-electron chi connectivity index (χ4n) is 2.94. The number of carbonyl (C=O) groups excluding carboxylic acids is 1. The molecule has 2 aromatic carbocycles. The van der Waals surface area contributed by atoms with E-state index in [2.05, 4.69) is 40.2 Å². The second kappa shape index (κ2) is 6.37. The van der Waals surface area contributed by atoms with Gasteiger partial charge < -0.3 is 4.74 Å². The maximum atomic E-state index is 11.2. The number of aromatic nitrogens is 2. The highest BCUT2D eigenvalue weighted by Crippen LogP contribution is 2.40. The summed E-state index contributed by atoms with van der Waals surface area (Å²) in [6.07, 6.45) is 8.45. The lowest BCUT2D eigenvalue weighted by Crippen LogP contribution is -1.99. The summed E-state index contributed by atoms with van der Waals surface area (Å²) in [6.45, 7) is 0.199. The van der Waals surface area contributed by atoms with Crippen LogP contribution in [0.4, 0.5) is 0 Å². The quantitative estimate of drug-likeness (QED) is 0.525. The summed E-state index contributed by atoms with van der Waals surface area (Å²) in [5.74, 6) is 3.98. The standard InChI is InChI=1S/C21H16N2O2/c1-2-11-25-17-9-10-19-18(12-17)21(23-20(13-24)22-19)16-7-5-15(6-8-16)14-3-4-14/h1,5-10,12-14H,3-4,11H2. The molecule has 4 heteroatoms. The van der Waals surface area contributed by atoms with Gasteiger partial charge in [0.2, 0.25) is 0 Å². The monoisotopic (exact) mass is 328 g/mol. The van der Waals surface area contributed by atoms with Crippen LogP contribution in [0.3, 0.4) is 0 Å². The Balaban J connectivity index is 1.83. The first-order chi connectivity index (χ1) is 12.3. The predicted molar refractivity (Wildman–Crippen MR) is 96.7 cm³/mol. The summed E-state index contributed by atoms with van der Waals surface area (Å²) in [5, 5.41) is 0.833. The summed E-state index contributed by atoms with van der Waals surface area (Å²) < 4.78 is 5.51. The molecule has 0 atom stereocenters. The maximum absolute atomic E-state index is 11.2. The van der Waals surface area contributed by atoms with E-state index < -0.39 is 0 Å². The van der Waals surface area contributed by atoms with Crippen LogP contribution in [0.25, 0.3) is 22.2 Å². The third kappa shape index (κ3) is 3.09. The number of aldehydes is 1. The third-order valence-electron chi connectivity index (χ3n) is 4.34. The number of carbonyl (C=O) groups is 1. The van der Waals surface area contributed by atoms with Gasteiger partial charge in [-0.25, -0.2) is 9.97 Å². The first-order valence-electron chi connectivity index (χ1n) is 8.22. The van der Waals surface area contributed by atoms with Gasteiger partial charge in [-0.1, -0.05) is 30.2 Å². The number of hydrogen-bond donors (Lipinski definition) is 0. The minimum absolute atomic E-state index is 0.172. The lowest BCUT2D eigenvalue weighted by molar-refractivity contribution is 0.111. The van der Waals surface area contributed by atoms with E-state index in [1.54, 1.807) is 6.07 Å². The van der Waals surface area contributed by atoms with Crippen molar-refractivity contribution in [2.45, 2.75) is 18.8 Å². The van der Waals surface area contributed by atoms with Crippen molar-refractivity contribution >= 4 is 17.2 Å². The van der Waals surface area contributed by atoms with E-state index in [1.165, 1.54) is 18.4 Å². The first kappa shape index (κ1) is 15.3. The minimum Gasteiger partial charge on any atom is -0.481 e. The molecule has 3 aromatic rings. The normalized spacial score (nSPS) is 13.4. The average molecular weight is 328 g/mol. The zero-order valence-corrected chi connectivity index (χ0v) is 13.6. The van der Waals surface area contributed by atoms with Gasteiger partial charge in [0.05, 0.1) is 11.2 Å². The summed E-state index contributed by atoms with van der Waals surface area (Å²) >= 11 is 0. The van der Waals surface area contributed by atoms with Crippen LogP contribution in [-0.2, 0) is 0 Å². The molecular weight excluding hydrogens is 312 g/mol. The fourth-order valence-corrected chi connectivity index (χ4v) is 2.94. The Morgan fingerprint density at radius 1 is 1.16 bits per heavy atom. The molecular formula is C21H16N2O2. The molecule has 1 saturated carbocycles. The smallest absolute Gasteiger partial charge is 0.193 e. The Labute approximate surface area is 145 Å². The van der Waals surface area contributed by atoms with Crippen molar-refractivity contribution in [2.75, 3.05) is 6.61 Å². The highest BCUT2D eigenvalue weighted by molar-refractivity contribution is 5.94. The van der Waals surface area contributed by atoms with Crippen molar-refractivity contribution in [1.82, 2.24) is 9.97 Å². The molecule has 1 aliphatic rings. The van der Waals surface area contributed by atoms with E-state index in [0.717, 1.165) is 16.6 Å². The van der Waals surface area contributed by atoms with Gasteiger partial charge in [0.1, 0.15) is 12.4 Å². The Hall–Kier alpha value is -3.19. The van der Waals surface area contributed by atoms with Crippen LogP contribution in [0.2, 0.25) is 0 Å². The van der Waals surface area contributed by atoms with Gasteiger partial charge in [-0.05, 0) is 42.5 Å². The molecule has 4 nitrogen and oxygen atoms in total. The van der Waals surface area contributed by atoms with E-state index in [0.29, 0.717) is 23.5 Å². The Morgan fingerprint density at radius 2 is 1.96 bits per heavy atom. The summed E-state index contributed by atoms with van der Waals surface area (Å²) in [7, 11) is 0. The zero-order valence-electron chi connectivity index (χ0n) is 13.6. The molecule has 0 radical (unpaired) electrons. The van der Waals surface area contributed by atoms with Crippen molar-refractivity contribution in [1.29, 1.82) is 0 Å². The van der Waals surface area contributed by atoms with Gasteiger partial charge in [0.15, 0.2) is 12.1 Å². The van der Waals surface area contributed by atoms with Crippen LogP contribution in [0.1, 0.15) is 34.9 Å². The number of terminal acetylenes is 1. The minimum atomic E-state index is 0.172. The molecule has 1 aliphatic carbocycles. The van der Waals surface area contributed by atoms with Crippen molar-refractivity contribution in [3.05, 3.63) is 53.9 Å². The van der Waals surface area contributed by atoms with E-state index in [9.17, 15) is 4.79 Å².